The molecule has 0 aliphatic heterocycles. The summed E-state index contributed by atoms with van der Waals surface area (Å²) in [6.07, 6.45) is 1.15. The van der Waals surface area contributed by atoms with E-state index >= 15 is 0 Å². The molecule has 1 amide bonds. The van der Waals surface area contributed by atoms with Crippen LogP contribution in [0.25, 0.3) is 11.0 Å². The first-order chi connectivity index (χ1) is 12.7. The molecule has 3 rings (SSSR count). The van der Waals surface area contributed by atoms with Crippen molar-refractivity contribution in [3.63, 3.8) is 0 Å². The third-order valence-corrected chi connectivity index (χ3v) is 5.30. The van der Waals surface area contributed by atoms with Crippen molar-refractivity contribution in [2.75, 3.05) is 6.26 Å². The fourth-order valence-electron chi connectivity index (χ4n) is 2.98. The van der Waals surface area contributed by atoms with Gasteiger partial charge in [0.1, 0.15) is 18.1 Å². The number of para-hydroxylation sites is 2. The van der Waals surface area contributed by atoms with E-state index < -0.39 is 9.84 Å². The predicted octanol–water partition coefficient (Wildman–Crippen LogP) is 3.11. The van der Waals surface area contributed by atoms with Gasteiger partial charge in [0.05, 0.1) is 17.1 Å². The molecule has 1 aromatic heterocycles. The first-order valence-corrected chi connectivity index (χ1v) is 10.8. The Hall–Kier alpha value is -2.38. The highest BCUT2D eigenvalue weighted by Gasteiger charge is 2.19. The average molecular weight is 406 g/mol. The number of carbonyl (C=O) groups is 1. The molecule has 3 aromatic rings. The molecule has 8 heteroatoms. The Morgan fingerprint density at radius 1 is 1.19 bits per heavy atom. The van der Waals surface area contributed by atoms with E-state index in [1.807, 2.05) is 43.3 Å². The molecule has 0 saturated carbocycles. The van der Waals surface area contributed by atoms with Gasteiger partial charge in [-0.2, -0.15) is 0 Å². The number of benzene rings is 2. The summed E-state index contributed by atoms with van der Waals surface area (Å²) in [7, 11) is -3.29. The lowest BCUT2D eigenvalue weighted by molar-refractivity contribution is -0.122. The van der Waals surface area contributed by atoms with E-state index in [2.05, 4.69) is 10.3 Å². The third kappa shape index (κ3) is 4.67. The highest BCUT2D eigenvalue weighted by Crippen LogP contribution is 2.22. The van der Waals surface area contributed by atoms with Crippen LogP contribution in [0.5, 0.6) is 0 Å². The lowest BCUT2D eigenvalue weighted by atomic mass is 10.1. The Morgan fingerprint density at radius 2 is 1.85 bits per heavy atom. The monoisotopic (exact) mass is 405 g/mol. The maximum Gasteiger partial charge on any atom is 0.240 e. The standard InChI is InChI=1S/C19H20ClN3O3S/c1-13(14-7-3-4-8-15(14)20)21-19(24)11-23-17-10-6-5-9-16(17)22-18(23)12-27(2,25)26/h3-10,13H,11-12H2,1-2H3,(H,21,24). The highest BCUT2D eigenvalue weighted by molar-refractivity contribution is 7.89. The molecule has 0 aliphatic rings. The molecule has 0 fully saturated rings. The summed E-state index contributed by atoms with van der Waals surface area (Å²) in [4.78, 5) is 17.0. The van der Waals surface area contributed by atoms with Crippen LogP contribution in [0.3, 0.4) is 0 Å². The molecule has 2 aromatic carbocycles. The molecule has 0 radical (unpaired) electrons. The van der Waals surface area contributed by atoms with E-state index in [1.54, 1.807) is 16.7 Å². The number of amides is 1. The SMILES string of the molecule is CC(NC(=O)Cn1c(CS(C)(=O)=O)nc2ccccc21)c1ccccc1Cl. The van der Waals surface area contributed by atoms with Gasteiger partial charge in [-0.05, 0) is 30.7 Å². The molecule has 0 aliphatic carbocycles. The molecule has 0 saturated heterocycles. The maximum absolute atomic E-state index is 12.6. The van der Waals surface area contributed by atoms with E-state index in [0.717, 1.165) is 17.3 Å². The Kier molecular flexibility index (Phi) is 5.53. The lowest BCUT2D eigenvalue weighted by Crippen LogP contribution is -2.31. The van der Waals surface area contributed by atoms with E-state index in [-0.39, 0.29) is 24.2 Å². The molecule has 27 heavy (non-hydrogen) atoms. The topological polar surface area (TPSA) is 81.1 Å². The zero-order valence-electron chi connectivity index (χ0n) is 15.0. The summed E-state index contributed by atoms with van der Waals surface area (Å²) >= 11 is 6.19. The lowest BCUT2D eigenvalue weighted by Gasteiger charge is -2.17. The van der Waals surface area contributed by atoms with Gasteiger partial charge in [0.2, 0.25) is 5.91 Å². The number of carbonyl (C=O) groups excluding carboxylic acids is 1. The number of hydrogen-bond donors (Lipinski definition) is 1. The van der Waals surface area contributed by atoms with Crippen LogP contribution in [0.15, 0.2) is 48.5 Å². The number of rotatable bonds is 6. The van der Waals surface area contributed by atoms with Crippen molar-refractivity contribution >= 4 is 38.4 Å². The van der Waals surface area contributed by atoms with Crippen molar-refractivity contribution in [2.24, 2.45) is 0 Å². The highest BCUT2D eigenvalue weighted by atomic mass is 35.5. The quantitative estimate of drug-likeness (QED) is 0.683. The molecule has 1 heterocycles. The van der Waals surface area contributed by atoms with Crippen molar-refractivity contribution in [1.82, 2.24) is 14.9 Å². The van der Waals surface area contributed by atoms with Crippen molar-refractivity contribution in [3.05, 3.63) is 64.9 Å². The van der Waals surface area contributed by atoms with Crippen molar-refractivity contribution in [2.45, 2.75) is 25.3 Å². The second-order valence-corrected chi connectivity index (χ2v) is 9.03. The summed E-state index contributed by atoms with van der Waals surface area (Å²) in [6.45, 7) is 1.82. The Balaban J connectivity index is 1.86. The molecule has 6 nitrogen and oxygen atoms in total. The second-order valence-electron chi connectivity index (χ2n) is 6.48. The van der Waals surface area contributed by atoms with Gasteiger partial charge in [-0.15, -0.1) is 0 Å². The first-order valence-electron chi connectivity index (χ1n) is 8.40. The van der Waals surface area contributed by atoms with Crippen molar-refractivity contribution < 1.29 is 13.2 Å². The normalized spacial score (nSPS) is 12.9. The van der Waals surface area contributed by atoms with Gasteiger partial charge in [0.15, 0.2) is 9.84 Å². The number of hydrogen-bond acceptors (Lipinski definition) is 4. The van der Waals surface area contributed by atoms with Crippen LogP contribution in [0, 0.1) is 0 Å². The largest absolute Gasteiger partial charge is 0.348 e. The van der Waals surface area contributed by atoms with Gasteiger partial charge >= 0.3 is 0 Å². The number of aromatic nitrogens is 2. The fourth-order valence-corrected chi connectivity index (χ4v) is 3.97. The molecule has 0 bridgehead atoms. The Bertz CT molecular complexity index is 1090. The molecule has 1 N–H and O–H groups in total. The summed E-state index contributed by atoms with van der Waals surface area (Å²) in [5.41, 5.74) is 2.19. The number of fused-ring (bicyclic) bond motifs is 1. The molecular weight excluding hydrogens is 386 g/mol. The molecule has 1 atom stereocenters. The molecular formula is C19H20ClN3O3S. The second kappa shape index (κ2) is 7.70. The van der Waals surface area contributed by atoms with Gasteiger partial charge < -0.3 is 9.88 Å². The summed E-state index contributed by atoms with van der Waals surface area (Å²) in [5.74, 6) is -0.130. The van der Waals surface area contributed by atoms with Crippen LogP contribution < -0.4 is 5.32 Å². The number of sulfone groups is 1. The van der Waals surface area contributed by atoms with Crippen LogP contribution in [0.4, 0.5) is 0 Å². The zero-order valence-corrected chi connectivity index (χ0v) is 16.6. The zero-order chi connectivity index (χ0) is 19.6. The van der Waals surface area contributed by atoms with E-state index in [9.17, 15) is 13.2 Å². The molecule has 1 unspecified atom stereocenters. The van der Waals surface area contributed by atoms with Gasteiger partial charge in [-0.1, -0.05) is 41.9 Å². The van der Waals surface area contributed by atoms with E-state index in [1.165, 1.54) is 0 Å². The summed E-state index contributed by atoms with van der Waals surface area (Å²) < 4.78 is 25.1. The maximum atomic E-state index is 12.6. The van der Waals surface area contributed by atoms with Gasteiger partial charge in [-0.3, -0.25) is 4.79 Å². The minimum absolute atomic E-state index is 0.0276. The minimum atomic E-state index is -3.29. The number of halogens is 1. The first kappa shape index (κ1) is 19.4. The number of nitrogens with one attached hydrogen (secondary N) is 1. The fraction of sp³-hybridized carbons (Fsp3) is 0.263. The number of imidazole rings is 1. The molecule has 0 spiro atoms. The third-order valence-electron chi connectivity index (χ3n) is 4.18. The van der Waals surface area contributed by atoms with E-state index in [0.29, 0.717) is 16.4 Å². The smallest absolute Gasteiger partial charge is 0.240 e. The summed E-state index contributed by atoms with van der Waals surface area (Å²) in [5, 5.41) is 3.49. The van der Waals surface area contributed by atoms with Crippen LogP contribution in [-0.4, -0.2) is 30.1 Å². The van der Waals surface area contributed by atoms with Crippen LogP contribution in [0.2, 0.25) is 5.02 Å². The van der Waals surface area contributed by atoms with Crippen LogP contribution in [-0.2, 0) is 26.9 Å². The van der Waals surface area contributed by atoms with Gasteiger partial charge in [0.25, 0.3) is 0 Å². The molecule has 142 valence electrons. The van der Waals surface area contributed by atoms with Crippen molar-refractivity contribution in [1.29, 1.82) is 0 Å². The minimum Gasteiger partial charge on any atom is -0.348 e. The van der Waals surface area contributed by atoms with E-state index in [4.69, 9.17) is 11.6 Å². The van der Waals surface area contributed by atoms with Crippen LogP contribution in [0.1, 0.15) is 24.4 Å². The van der Waals surface area contributed by atoms with Gasteiger partial charge in [-0.25, -0.2) is 13.4 Å². The van der Waals surface area contributed by atoms with Crippen molar-refractivity contribution in [3.8, 4) is 0 Å². The number of nitrogens with zero attached hydrogens (tertiary/aromatic N) is 2. The van der Waals surface area contributed by atoms with Gasteiger partial charge in [0, 0.05) is 11.3 Å². The average Bonchev–Trinajstić information content (AvgIpc) is 2.90. The van der Waals surface area contributed by atoms with Crippen LogP contribution >= 0.6 is 11.6 Å². The Morgan fingerprint density at radius 3 is 2.56 bits per heavy atom. The predicted molar refractivity (Wildman–Crippen MR) is 106 cm³/mol. The Labute approximate surface area is 163 Å². The summed E-state index contributed by atoms with van der Waals surface area (Å²) in [6, 6.07) is 14.3.